The van der Waals surface area contributed by atoms with Crippen molar-refractivity contribution >= 4 is 23.2 Å². The van der Waals surface area contributed by atoms with Crippen molar-refractivity contribution in [2.24, 2.45) is 0 Å². The molecule has 2 aromatic carbocycles. The first kappa shape index (κ1) is 28.8. The minimum Gasteiger partial charge on any atom is -0.490 e. The van der Waals surface area contributed by atoms with E-state index >= 15 is 0 Å². The number of carbonyl (C=O) groups is 1. The highest BCUT2D eigenvalue weighted by atomic mass is 16.5. The van der Waals surface area contributed by atoms with Gasteiger partial charge >= 0.3 is 0 Å². The average molecular weight is 585 g/mol. The largest absolute Gasteiger partial charge is 0.490 e. The number of amides is 1. The number of ether oxygens (including phenoxy) is 2. The standard InChI is InChI=1S/C31H36N8O4/c1-21(40)30(41)39-8-6-27(7-9-39)43-28-15-22(17-32)14-23(16-28)29-33-20-34-31(36-29)35-24-2-4-25(5-3-24)37-10-12-38(13-11-37)26-18-42-19-26/h2-5,14-16,20-21,26-27,40H,6-13,18-19H2,1H3,(H,33,34,35,36). The monoisotopic (exact) mass is 584 g/mol. The van der Waals surface area contributed by atoms with Gasteiger partial charge in [0.1, 0.15) is 24.3 Å². The van der Waals surface area contributed by atoms with E-state index in [1.54, 1.807) is 17.0 Å². The molecule has 2 N–H and O–H groups in total. The quantitative estimate of drug-likeness (QED) is 0.403. The molecule has 0 spiro atoms. The van der Waals surface area contributed by atoms with Gasteiger partial charge in [-0.1, -0.05) is 0 Å². The first-order valence-electron chi connectivity index (χ1n) is 14.8. The zero-order valence-corrected chi connectivity index (χ0v) is 24.2. The molecule has 12 nitrogen and oxygen atoms in total. The van der Waals surface area contributed by atoms with Crippen molar-refractivity contribution in [2.45, 2.75) is 38.0 Å². The van der Waals surface area contributed by atoms with Crippen molar-refractivity contribution in [3.63, 3.8) is 0 Å². The number of nitriles is 1. The van der Waals surface area contributed by atoms with Crippen LogP contribution in [0.2, 0.25) is 0 Å². The van der Waals surface area contributed by atoms with Gasteiger partial charge in [-0.3, -0.25) is 9.69 Å². The number of likely N-dealkylation sites (tertiary alicyclic amines) is 1. The lowest BCUT2D eigenvalue weighted by Crippen LogP contribution is -2.56. The fraction of sp³-hybridized carbons (Fsp3) is 0.452. The summed E-state index contributed by atoms with van der Waals surface area (Å²) in [6.45, 7) is 8.29. The number of aliphatic hydroxyl groups excluding tert-OH is 1. The van der Waals surface area contributed by atoms with E-state index < -0.39 is 6.10 Å². The van der Waals surface area contributed by atoms with Crippen LogP contribution in [-0.2, 0) is 9.53 Å². The number of aliphatic hydroxyl groups is 1. The highest BCUT2D eigenvalue weighted by Crippen LogP contribution is 2.28. The highest BCUT2D eigenvalue weighted by molar-refractivity contribution is 5.80. The second-order valence-corrected chi connectivity index (χ2v) is 11.2. The topological polar surface area (TPSA) is 140 Å². The summed E-state index contributed by atoms with van der Waals surface area (Å²) in [5.74, 6) is 1.09. The molecule has 1 aromatic heterocycles. The highest BCUT2D eigenvalue weighted by Gasteiger charge is 2.29. The van der Waals surface area contributed by atoms with Crippen molar-refractivity contribution < 1.29 is 19.4 Å². The molecule has 43 heavy (non-hydrogen) atoms. The van der Waals surface area contributed by atoms with Gasteiger partial charge in [0, 0.05) is 69.0 Å². The normalized spacial score (nSPS) is 18.9. The van der Waals surface area contributed by atoms with Gasteiger partial charge in [-0.05, 0) is 49.4 Å². The summed E-state index contributed by atoms with van der Waals surface area (Å²) in [5.41, 5.74) is 3.12. The Hall–Kier alpha value is -4.31. The van der Waals surface area contributed by atoms with E-state index in [9.17, 15) is 15.2 Å². The summed E-state index contributed by atoms with van der Waals surface area (Å²) in [7, 11) is 0. The first-order valence-corrected chi connectivity index (χ1v) is 14.8. The van der Waals surface area contributed by atoms with Crippen LogP contribution >= 0.6 is 0 Å². The van der Waals surface area contributed by atoms with Crippen LogP contribution in [0.1, 0.15) is 25.3 Å². The Kier molecular flexibility index (Phi) is 8.64. The van der Waals surface area contributed by atoms with Gasteiger partial charge in [-0.25, -0.2) is 9.97 Å². The Morgan fingerprint density at radius 1 is 1.07 bits per heavy atom. The van der Waals surface area contributed by atoms with Gasteiger partial charge in [0.05, 0.1) is 30.9 Å². The number of piperidine rings is 1. The molecule has 3 saturated heterocycles. The fourth-order valence-electron chi connectivity index (χ4n) is 5.67. The summed E-state index contributed by atoms with van der Waals surface area (Å²) in [6, 6.07) is 16.3. The molecule has 0 bridgehead atoms. The zero-order valence-electron chi connectivity index (χ0n) is 24.2. The predicted molar refractivity (Wildman–Crippen MR) is 160 cm³/mol. The van der Waals surface area contributed by atoms with E-state index in [0.29, 0.717) is 60.6 Å². The van der Waals surface area contributed by atoms with Crippen LogP contribution in [0, 0.1) is 11.3 Å². The lowest BCUT2D eigenvalue weighted by Gasteiger charge is -2.43. The molecule has 0 aliphatic carbocycles. The number of nitrogens with zero attached hydrogens (tertiary/aromatic N) is 7. The minimum atomic E-state index is -1.01. The smallest absolute Gasteiger partial charge is 0.251 e. The molecular formula is C31H36N8O4. The molecule has 224 valence electrons. The third-order valence-corrected chi connectivity index (χ3v) is 8.22. The molecule has 12 heteroatoms. The Balaban J connectivity index is 1.09. The molecule has 1 unspecified atom stereocenters. The second-order valence-electron chi connectivity index (χ2n) is 11.2. The molecule has 3 fully saturated rings. The summed E-state index contributed by atoms with van der Waals surface area (Å²) in [5, 5.41) is 22.5. The Bertz CT molecular complexity index is 1460. The van der Waals surface area contributed by atoms with Crippen LogP contribution in [0.15, 0.2) is 48.8 Å². The Morgan fingerprint density at radius 3 is 2.47 bits per heavy atom. The molecule has 6 rings (SSSR count). The Labute approximate surface area is 250 Å². The molecule has 1 amide bonds. The van der Waals surface area contributed by atoms with Gasteiger partial charge in [0.25, 0.3) is 5.91 Å². The van der Waals surface area contributed by atoms with Crippen molar-refractivity contribution in [3.8, 4) is 23.2 Å². The fourth-order valence-corrected chi connectivity index (χ4v) is 5.67. The summed E-state index contributed by atoms with van der Waals surface area (Å²) in [4.78, 5) is 31.9. The number of anilines is 3. The van der Waals surface area contributed by atoms with Gasteiger partial charge < -0.3 is 29.7 Å². The molecule has 4 heterocycles. The van der Waals surface area contributed by atoms with Crippen molar-refractivity contribution in [3.05, 3.63) is 54.4 Å². The van der Waals surface area contributed by atoms with Crippen molar-refractivity contribution in [1.29, 1.82) is 5.26 Å². The molecule has 3 aliphatic rings. The van der Waals surface area contributed by atoms with Crippen LogP contribution in [0.25, 0.3) is 11.4 Å². The van der Waals surface area contributed by atoms with Gasteiger partial charge in [0.2, 0.25) is 5.95 Å². The lowest BCUT2D eigenvalue weighted by molar-refractivity contribution is -0.141. The molecular weight excluding hydrogens is 548 g/mol. The summed E-state index contributed by atoms with van der Waals surface area (Å²) >= 11 is 0. The molecule has 1 atom stereocenters. The maximum absolute atomic E-state index is 12.1. The Morgan fingerprint density at radius 2 is 1.81 bits per heavy atom. The van der Waals surface area contributed by atoms with E-state index in [0.717, 1.165) is 45.1 Å². The van der Waals surface area contributed by atoms with Crippen LogP contribution in [0.5, 0.6) is 5.75 Å². The van der Waals surface area contributed by atoms with E-state index in [2.05, 4.69) is 48.3 Å². The maximum Gasteiger partial charge on any atom is 0.251 e. The van der Waals surface area contributed by atoms with Crippen LogP contribution in [0.4, 0.5) is 17.3 Å². The van der Waals surface area contributed by atoms with Crippen molar-refractivity contribution in [1.82, 2.24) is 24.8 Å². The molecule has 3 aliphatic heterocycles. The SMILES string of the molecule is CC(O)C(=O)N1CCC(Oc2cc(C#N)cc(-c3ncnc(Nc4ccc(N5CCN(C6COC6)CC5)cc4)n3)c2)CC1. The number of piperazine rings is 1. The number of hydrogen-bond acceptors (Lipinski definition) is 11. The maximum atomic E-state index is 12.1. The van der Waals surface area contributed by atoms with E-state index in [4.69, 9.17) is 9.47 Å². The van der Waals surface area contributed by atoms with E-state index in [-0.39, 0.29) is 12.0 Å². The van der Waals surface area contributed by atoms with Crippen LogP contribution < -0.4 is 15.0 Å². The minimum absolute atomic E-state index is 0.111. The number of hydrogen-bond donors (Lipinski definition) is 2. The van der Waals surface area contributed by atoms with E-state index in [1.165, 1.54) is 18.9 Å². The lowest BCUT2D eigenvalue weighted by atomic mass is 10.1. The predicted octanol–water partition coefficient (Wildman–Crippen LogP) is 2.43. The number of benzene rings is 2. The molecule has 3 aromatic rings. The number of carbonyl (C=O) groups excluding carboxylic acids is 1. The van der Waals surface area contributed by atoms with Gasteiger partial charge in [0.15, 0.2) is 5.82 Å². The molecule has 0 radical (unpaired) electrons. The third-order valence-electron chi connectivity index (χ3n) is 8.22. The summed E-state index contributed by atoms with van der Waals surface area (Å²) < 4.78 is 11.6. The molecule has 0 saturated carbocycles. The van der Waals surface area contributed by atoms with Crippen LogP contribution in [-0.4, -0.2) is 106 Å². The average Bonchev–Trinajstić information content (AvgIpc) is 3.01. The van der Waals surface area contributed by atoms with Gasteiger partial charge in [-0.15, -0.1) is 0 Å². The zero-order chi connectivity index (χ0) is 29.8. The number of aromatic nitrogens is 3. The second kappa shape index (κ2) is 12.9. The van der Waals surface area contributed by atoms with Crippen LogP contribution in [0.3, 0.4) is 0 Å². The number of nitrogens with one attached hydrogen (secondary N) is 1. The van der Waals surface area contributed by atoms with Crippen molar-refractivity contribution in [2.75, 3.05) is 62.7 Å². The number of rotatable bonds is 8. The summed E-state index contributed by atoms with van der Waals surface area (Å²) in [6.07, 6.45) is 1.59. The van der Waals surface area contributed by atoms with E-state index in [1.807, 2.05) is 18.2 Å². The third kappa shape index (κ3) is 6.85. The van der Waals surface area contributed by atoms with Gasteiger partial charge in [-0.2, -0.15) is 10.2 Å². The first-order chi connectivity index (χ1) is 20.9.